The zero-order valence-electron chi connectivity index (χ0n) is 15.6. The second-order valence-corrected chi connectivity index (χ2v) is 7.90. The average molecular weight is 458 g/mol. The van der Waals surface area contributed by atoms with Crippen LogP contribution >= 0.6 is 23.2 Å². The molecule has 2 N–H and O–H groups in total. The van der Waals surface area contributed by atoms with Gasteiger partial charge in [-0.25, -0.2) is 0 Å². The lowest BCUT2D eigenvalue weighted by molar-refractivity contribution is -0.138. The number of fused-ring (bicyclic) bond motifs is 3. The van der Waals surface area contributed by atoms with Gasteiger partial charge in [0.1, 0.15) is 6.61 Å². The molecule has 30 heavy (non-hydrogen) atoms. The third kappa shape index (κ3) is 3.33. The van der Waals surface area contributed by atoms with Crippen molar-refractivity contribution in [3.63, 3.8) is 0 Å². The summed E-state index contributed by atoms with van der Waals surface area (Å²) in [5.74, 6) is -0.426. The van der Waals surface area contributed by atoms with Crippen molar-refractivity contribution in [2.24, 2.45) is 0 Å². The van der Waals surface area contributed by atoms with Gasteiger partial charge in [-0.1, -0.05) is 23.2 Å². The monoisotopic (exact) mass is 457 g/mol. The van der Waals surface area contributed by atoms with Gasteiger partial charge in [0.05, 0.1) is 27.2 Å². The van der Waals surface area contributed by atoms with Crippen LogP contribution in [-0.2, 0) is 17.4 Å². The van der Waals surface area contributed by atoms with E-state index in [-0.39, 0.29) is 15.6 Å². The first-order valence-corrected chi connectivity index (χ1v) is 9.84. The molecular formula is C20H16Cl2F3N3O2. The highest BCUT2D eigenvalue weighted by Gasteiger charge is 2.34. The van der Waals surface area contributed by atoms with E-state index in [1.165, 1.54) is 17.2 Å². The van der Waals surface area contributed by atoms with Gasteiger partial charge >= 0.3 is 6.18 Å². The van der Waals surface area contributed by atoms with E-state index in [0.717, 1.165) is 23.5 Å². The number of carbonyl (C=O) groups excluding carboxylic acids is 1. The number of halogens is 5. The average Bonchev–Trinajstić information content (AvgIpc) is 3.10. The van der Waals surface area contributed by atoms with Crippen molar-refractivity contribution in [3.05, 3.63) is 51.4 Å². The summed E-state index contributed by atoms with van der Waals surface area (Å²) in [6.07, 6.45) is -1.98. The molecule has 0 aliphatic carbocycles. The Hall–Kier alpha value is -2.29. The number of aliphatic hydroxyl groups is 1. The number of amides is 1. The van der Waals surface area contributed by atoms with Crippen molar-refractivity contribution >= 4 is 40.0 Å². The molecule has 158 valence electrons. The first kappa shape index (κ1) is 21.0. The van der Waals surface area contributed by atoms with E-state index in [0.29, 0.717) is 29.4 Å². The Morgan fingerprint density at radius 1 is 1.33 bits per heavy atom. The number of rotatable bonds is 2. The van der Waals surface area contributed by atoms with Crippen LogP contribution in [-0.4, -0.2) is 39.0 Å². The van der Waals surface area contributed by atoms with Gasteiger partial charge < -0.3 is 15.0 Å². The predicted molar refractivity (Wildman–Crippen MR) is 107 cm³/mol. The molecular weight excluding hydrogens is 442 g/mol. The van der Waals surface area contributed by atoms with Crippen LogP contribution in [0.15, 0.2) is 24.5 Å². The maximum Gasteiger partial charge on any atom is 0.417 e. The molecule has 3 heterocycles. The number of aromatic amines is 1. The Morgan fingerprint density at radius 3 is 2.73 bits per heavy atom. The number of aromatic nitrogens is 2. The number of hydrogen-bond acceptors (Lipinski definition) is 3. The summed E-state index contributed by atoms with van der Waals surface area (Å²) in [7, 11) is 0. The Bertz CT molecular complexity index is 1160. The summed E-state index contributed by atoms with van der Waals surface area (Å²) in [4.78, 5) is 20.7. The molecule has 0 bridgehead atoms. The van der Waals surface area contributed by atoms with E-state index in [1.807, 2.05) is 0 Å². The third-order valence-corrected chi connectivity index (χ3v) is 6.20. The van der Waals surface area contributed by atoms with Gasteiger partial charge in [0.25, 0.3) is 0 Å². The van der Waals surface area contributed by atoms with Gasteiger partial charge in [-0.2, -0.15) is 13.2 Å². The summed E-state index contributed by atoms with van der Waals surface area (Å²) >= 11 is 12.7. The van der Waals surface area contributed by atoms with E-state index >= 15 is 0 Å². The summed E-state index contributed by atoms with van der Waals surface area (Å²) in [6.45, 7) is 1.57. The number of H-pyrrole nitrogens is 1. The fourth-order valence-corrected chi connectivity index (χ4v) is 4.43. The molecule has 3 aromatic rings. The molecule has 5 nitrogen and oxygen atoms in total. The van der Waals surface area contributed by atoms with Gasteiger partial charge in [-0.3, -0.25) is 9.78 Å². The zero-order valence-corrected chi connectivity index (χ0v) is 17.2. The summed E-state index contributed by atoms with van der Waals surface area (Å²) in [6, 6.07) is 2.10. The molecule has 2 aromatic heterocycles. The second kappa shape index (κ2) is 7.44. The van der Waals surface area contributed by atoms with Crippen LogP contribution in [0.25, 0.3) is 22.0 Å². The molecule has 10 heteroatoms. The lowest BCUT2D eigenvalue weighted by atomic mass is 9.92. The molecule has 1 aliphatic rings. The number of nitrogens with zero attached hydrogens (tertiary/aromatic N) is 2. The Labute approximate surface area is 179 Å². The highest BCUT2D eigenvalue weighted by atomic mass is 35.5. The quantitative estimate of drug-likeness (QED) is 0.569. The van der Waals surface area contributed by atoms with E-state index in [9.17, 15) is 23.1 Å². The fraction of sp³-hybridized carbons (Fsp3) is 0.300. The van der Waals surface area contributed by atoms with Crippen molar-refractivity contribution in [1.82, 2.24) is 14.9 Å². The number of alkyl halides is 3. The minimum absolute atomic E-state index is 0.186. The maximum absolute atomic E-state index is 13.2. The third-order valence-electron chi connectivity index (χ3n) is 5.41. The molecule has 1 amide bonds. The molecule has 0 spiro atoms. The minimum Gasteiger partial charge on any atom is -0.387 e. The SMILES string of the molecule is C[C@H]1c2c([nH]c3c(Cl)c(Cl)cc(-c4cncc(C(F)(F)F)c4)c23)CCN1C(=O)CO. The largest absolute Gasteiger partial charge is 0.417 e. The molecule has 1 atom stereocenters. The van der Waals surface area contributed by atoms with Crippen LogP contribution in [0.3, 0.4) is 0 Å². The number of hydrogen-bond donors (Lipinski definition) is 2. The van der Waals surface area contributed by atoms with Crippen molar-refractivity contribution in [3.8, 4) is 11.1 Å². The smallest absolute Gasteiger partial charge is 0.387 e. The molecule has 1 aliphatic heterocycles. The van der Waals surface area contributed by atoms with Crippen molar-refractivity contribution in [2.45, 2.75) is 25.6 Å². The van der Waals surface area contributed by atoms with Crippen molar-refractivity contribution in [1.29, 1.82) is 0 Å². The molecule has 0 unspecified atom stereocenters. The number of benzene rings is 1. The van der Waals surface area contributed by atoms with Crippen LogP contribution in [0.2, 0.25) is 10.0 Å². The van der Waals surface area contributed by atoms with Crippen molar-refractivity contribution < 1.29 is 23.1 Å². The van der Waals surface area contributed by atoms with E-state index in [2.05, 4.69) is 9.97 Å². The van der Waals surface area contributed by atoms with Gasteiger partial charge in [-0.15, -0.1) is 0 Å². The number of nitrogens with one attached hydrogen (secondary N) is 1. The predicted octanol–water partition coefficient (Wildman–Crippen LogP) is 4.99. The fourth-order valence-electron chi connectivity index (χ4n) is 4.03. The van der Waals surface area contributed by atoms with Crippen LogP contribution in [0, 0.1) is 0 Å². The molecule has 0 fully saturated rings. The minimum atomic E-state index is -4.55. The summed E-state index contributed by atoms with van der Waals surface area (Å²) in [5, 5.41) is 10.3. The second-order valence-electron chi connectivity index (χ2n) is 7.12. The van der Waals surface area contributed by atoms with E-state index in [1.54, 1.807) is 6.92 Å². The van der Waals surface area contributed by atoms with Crippen LogP contribution in [0.5, 0.6) is 0 Å². The highest BCUT2D eigenvalue weighted by Crippen LogP contribution is 2.45. The first-order valence-electron chi connectivity index (χ1n) is 9.08. The Kier molecular flexibility index (Phi) is 5.20. The summed E-state index contributed by atoms with van der Waals surface area (Å²) in [5.41, 5.74) is 1.84. The first-order chi connectivity index (χ1) is 14.1. The standard InChI is InChI=1S/C20H16Cl2F3N3O2/c1-9-16-14(2-3-28(9)15(30)8-29)27-19-17(16)12(5-13(21)18(19)22)10-4-11(7-26-6-10)20(23,24)25/h4-7,9,27,29H,2-3,8H2,1H3/t9-/m0/s1. The van der Waals surface area contributed by atoms with Crippen LogP contribution in [0.4, 0.5) is 13.2 Å². The van der Waals surface area contributed by atoms with Gasteiger partial charge in [0.15, 0.2) is 0 Å². The zero-order chi connectivity index (χ0) is 21.8. The van der Waals surface area contributed by atoms with Crippen LogP contribution < -0.4 is 0 Å². The molecule has 0 radical (unpaired) electrons. The summed E-state index contributed by atoms with van der Waals surface area (Å²) < 4.78 is 39.7. The maximum atomic E-state index is 13.2. The van der Waals surface area contributed by atoms with Gasteiger partial charge in [0.2, 0.25) is 5.91 Å². The number of pyridine rings is 1. The van der Waals surface area contributed by atoms with E-state index in [4.69, 9.17) is 23.2 Å². The lowest BCUT2D eigenvalue weighted by Gasteiger charge is -2.33. The lowest BCUT2D eigenvalue weighted by Crippen LogP contribution is -2.40. The Morgan fingerprint density at radius 2 is 2.07 bits per heavy atom. The molecule has 1 aromatic carbocycles. The number of carbonyl (C=O) groups is 1. The highest BCUT2D eigenvalue weighted by molar-refractivity contribution is 6.45. The van der Waals surface area contributed by atoms with Crippen LogP contribution in [0.1, 0.15) is 29.8 Å². The molecule has 0 saturated carbocycles. The Balaban J connectivity index is 2.00. The topological polar surface area (TPSA) is 69.2 Å². The van der Waals surface area contributed by atoms with Gasteiger partial charge in [0, 0.05) is 47.6 Å². The van der Waals surface area contributed by atoms with E-state index < -0.39 is 30.3 Å². The molecule has 4 rings (SSSR count). The number of aliphatic hydroxyl groups excluding tert-OH is 1. The molecule has 0 saturated heterocycles. The van der Waals surface area contributed by atoms with Crippen molar-refractivity contribution in [2.75, 3.05) is 13.2 Å². The normalized spacial score (nSPS) is 16.8. The van der Waals surface area contributed by atoms with Gasteiger partial charge in [-0.05, 0) is 24.6 Å².